The second-order valence-electron chi connectivity index (χ2n) is 4.45. The van der Waals surface area contributed by atoms with Crippen LogP contribution in [0.5, 0.6) is 0 Å². The number of nitro benzene ring substituents is 1. The fourth-order valence-electron chi connectivity index (χ4n) is 2.14. The van der Waals surface area contributed by atoms with Crippen LogP contribution in [0.3, 0.4) is 0 Å². The van der Waals surface area contributed by atoms with Gasteiger partial charge in [0.05, 0.1) is 4.92 Å². The summed E-state index contributed by atoms with van der Waals surface area (Å²) in [6, 6.07) is 5.35. The van der Waals surface area contributed by atoms with Gasteiger partial charge in [-0.2, -0.15) is 0 Å². The minimum atomic E-state index is -0.358. The van der Waals surface area contributed by atoms with Gasteiger partial charge in [-0.15, -0.1) is 0 Å². The predicted molar refractivity (Wildman–Crippen MR) is 74.9 cm³/mol. The van der Waals surface area contributed by atoms with Gasteiger partial charge in [0.15, 0.2) is 0 Å². The van der Waals surface area contributed by atoms with Gasteiger partial charge in [-0.05, 0) is 31.5 Å². The van der Waals surface area contributed by atoms with Crippen molar-refractivity contribution in [1.29, 1.82) is 0 Å². The molecular formula is C12H16BrN3O2. The van der Waals surface area contributed by atoms with Gasteiger partial charge in [0.1, 0.15) is 5.69 Å². The molecule has 1 aliphatic heterocycles. The van der Waals surface area contributed by atoms with Crippen molar-refractivity contribution in [2.24, 2.45) is 0 Å². The van der Waals surface area contributed by atoms with Gasteiger partial charge in [-0.25, -0.2) is 0 Å². The zero-order valence-corrected chi connectivity index (χ0v) is 11.6. The fraction of sp³-hybridized carbons (Fsp3) is 0.500. The fourth-order valence-corrected chi connectivity index (χ4v) is 2.50. The molecule has 0 aliphatic carbocycles. The third-order valence-corrected chi connectivity index (χ3v) is 3.60. The summed E-state index contributed by atoms with van der Waals surface area (Å²) in [5.41, 5.74) is 0.691. The smallest absolute Gasteiger partial charge is 0.292 e. The first-order valence-electron chi connectivity index (χ1n) is 6.08. The molecule has 1 saturated heterocycles. The van der Waals surface area contributed by atoms with E-state index in [-0.39, 0.29) is 10.6 Å². The van der Waals surface area contributed by atoms with Crippen LogP contribution in [0, 0.1) is 10.1 Å². The van der Waals surface area contributed by atoms with Crippen LogP contribution < -0.4 is 10.6 Å². The monoisotopic (exact) mass is 313 g/mol. The number of hydrogen-bond acceptors (Lipinski definition) is 4. The lowest BCUT2D eigenvalue weighted by molar-refractivity contribution is -0.384. The highest BCUT2D eigenvalue weighted by Crippen LogP contribution is 2.27. The molecule has 0 amide bonds. The van der Waals surface area contributed by atoms with Crippen LogP contribution in [0.4, 0.5) is 11.4 Å². The van der Waals surface area contributed by atoms with Crippen molar-refractivity contribution in [3.05, 3.63) is 32.8 Å². The predicted octanol–water partition coefficient (Wildman–Crippen LogP) is 2.91. The first-order valence-corrected chi connectivity index (χ1v) is 6.87. The van der Waals surface area contributed by atoms with Crippen LogP contribution in [-0.4, -0.2) is 24.1 Å². The number of nitro groups is 1. The standard InChI is InChI=1S/C12H16BrN3O2/c13-9-4-5-12(16(17)18)11(7-9)15-8-10-3-1-2-6-14-10/h4-5,7,10,14-15H,1-3,6,8H2. The molecule has 0 radical (unpaired) electrons. The van der Waals surface area contributed by atoms with E-state index in [0.29, 0.717) is 11.7 Å². The second kappa shape index (κ2) is 6.15. The van der Waals surface area contributed by atoms with E-state index in [1.54, 1.807) is 12.1 Å². The van der Waals surface area contributed by atoms with Crippen molar-refractivity contribution in [3.63, 3.8) is 0 Å². The summed E-state index contributed by atoms with van der Waals surface area (Å²) in [6.45, 7) is 1.75. The third-order valence-electron chi connectivity index (χ3n) is 3.11. The Labute approximate surface area is 114 Å². The van der Waals surface area contributed by atoms with Crippen molar-refractivity contribution < 1.29 is 4.92 Å². The average Bonchev–Trinajstić information content (AvgIpc) is 2.37. The van der Waals surface area contributed by atoms with Gasteiger partial charge in [0.25, 0.3) is 5.69 Å². The van der Waals surface area contributed by atoms with Crippen molar-refractivity contribution in [1.82, 2.24) is 5.32 Å². The topological polar surface area (TPSA) is 67.2 Å². The van der Waals surface area contributed by atoms with Crippen LogP contribution in [0.25, 0.3) is 0 Å². The maximum absolute atomic E-state index is 10.9. The third kappa shape index (κ3) is 3.43. The highest BCUT2D eigenvalue weighted by atomic mass is 79.9. The van der Waals surface area contributed by atoms with Crippen molar-refractivity contribution in [2.75, 3.05) is 18.4 Å². The second-order valence-corrected chi connectivity index (χ2v) is 5.36. The quantitative estimate of drug-likeness (QED) is 0.662. The Bertz CT molecular complexity index is 433. The molecule has 0 bridgehead atoms. The minimum absolute atomic E-state index is 0.119. The Hall–Kier alpha value is -1.14. The van der Waals surface area contributed by atoms with Gasteiger partial charge in [0, 0.05) is 23.1 Å². The molecule has 1 unspecified atom stereocenters. The van der Waals surface area contributed by atoms with Gasteiger partial charge >= 0.3 is 0 Å². The van der Waals surface area contributed by atoms with Gasteiger partial charge in [-0.1, -0.05) is 22.4 Å². The molecule has 2 rings (SSSR count). The summed E-state index contributed by atoms with van der Waals surface area (Å²) in [5, 5.41) is 17.5. The lowest BCUT2D eigenvalue weighted by atomic mass is 10.1. The summed E-state index contributed by atoms with van der Waals surface area (Å²) in [6.07, 6.45) is 3.56. The van der Waals surface area contributed by atoms with Crippen LogP contribution in [0.1, 0.15) is 19.3 Å². The van der Waals surface area contributed by atoms with E-state index in [2.05, 4.69) is 26.6 Å². The Balaban J connectivity index is 2.03. The normalized spacial score (nSPS) is 19.5. The SMILES string of the molecule is O=[N+]([O-])c1ccc(Br)cc1NCC1CCCCN1. The van der Waals surface area contributed by atoms with Gasteiger partial charge in [-0.3, -0.25) is 10.1 Å². The molecule has 0 saturated carbocycles. The molecule has 1 atom stereocenters. The molecule has 6 heteroatoms. The molecule has 1 aromatic rings. The van der Waals surface area contributed by atoms with Gasteiger partial charge < -0.3 is 10.6 Å². The summed E-state index contributed by atoms with van der Waals surface area (Å²) in [5.74, 6) is 0. The number of benzene rings is 1. The number of halogens is 1. The van der Waals surface area contributed by atoms with Crippen LogP contribution in [-0.2, 0) is 0 Å². The first-order chi connectivity index (χ1) is 8.66. The average molecular weight is 314 g/mol. The number of hydrogen-bond donors (Lipinski definition) is 2. The molecule has 0 spiro atoms. The van der Waals surface area contributed by atoms with E-state index in [4.69, 9.17) is 0 Å². The Morgan fingerprint density at radius 3 is 3.00 bits per heavy atom. The Kier molecular flexibility index (Phi) is 4.54. The number of rotatable bonds is 4. The molecule has 1 heterocycles. The van der Waals surface area contributed by atoms with Crippen LogP contribution in [0.2, 0.25) is 0 Å². The molecule has 2 N–H and O–H groups in total. The van der Waals surface area contributed by atoms with Crippen molar-refractivity contribution in [2.45, 2.75) is 25.3 Å². The highest BCUT2D eigenvalue weighted by molar-refractivity contribution is 9.10. The highest BCUT2D eigenvalue weighted by Gasteiger charge is 2.16. The number of nitrogens with one attached hydrogen (secondary N) is 2. The van der Waals surface area contributed by atoms with E-state index in [1.165, 1.54) is 18.9 Å². The van der Waals surface area contributed by atoms with E-state index in [9.17, 15) is 10.1 Å². The van der Waals surface area contributed by atoms with E-state index >= 15 is 0 Å². The van der Waals surface area contributed by atoms with E-state index in [1.807, 2.05) is 0 Å². The first kappa shape index (κ1) is 13.3. The Morgan fingerprint density at radius 2 is 2.33 bits per heavy atom. The lowest BCUT2D eigenvalue weighted by Crippen LogP contribution is -2.39. The van der Waals surface area contributed by atoms with E-state index < -0.39 is 0 Å². The minimum Gasteiger partial charge on any atom is -0.378 e. The van der Waals surface area contributed by atoms with Gasteiger partial charge in [0.2, 0.25) is 0 Å². The van der Waals surface area contributed by atoms with E-state index in [0.717, 1.165) is 24.0 Å². The number of anilines is 1. The zero-order chi connectivity index (χ0) is 13.0. The molecule has 1 aliphatic rings. The summed E-state index contributed by atoms with van der Waals surface area (Å²) in [4.78, 5) is 10.6. The van der Waals surface area contributed by atoms with Crippen LogP contribution >= 0.6 is 15.9 Å². The molecule has 18 heavy (non-hydrogen) atoms. The number of nitrogens with zero attached hydrogens (tertiary/aromatic N) is 1. The Morgan fingerprint density at radius 1 is 1.50 bits per heavy atom. The molecular weight excluding hydrogens is 298 g/mol. The van der Waals surface area contributed by atoms with Crippen molar-refractivity contribution >= 4 is 27.3 Å². The summed E-state index contributed by atoms with van der Waals surface area (Å²) >= 11 is 3.33. The maximum atomic E-state index is 10.9. The molecule has 0 aromatic heterocycles. The summed E-state index contributed by atoms with van der Waals surface area (Å²) < 4.78 is 0.840. The molecule has 1 aromatic carbocycles. The number of piperidine rings is 1. The zero-order valence-electron chi connectivity index (χ0n) is 9.99. The molecule has 98 valence electrons. The summed E-state index contributed by atoms with van der Waals surface area (Å²) in [7, 11) is 0. The molecule has 5 nitrogen and oxygen atoms in total. The van der Waals surface area contributed by atoms with Crippen molar-refractivity contribution in [3.8, 4) is 0 Å². The van der Waals surface area contributed by atoms with Crippen LogP contribution in [0.15, 0.2) is 22.7 Å². The molecule has 1 fully saturated rings. The largest absolute Gasteiger partial charge is 0.378 e. The maximum Gasteiger partial charge on any atom is 0.292 e. The lowest BCUT2D eigenvalue weighted by Gasteiger charge is -2.24.